The Bertz CT molecular complexity index is 735. The van der Waals surface area contributed by atoms with E-state index in [4.69, 9.17) is 5.26 Å². The molecule has 0 aliphatic heterocycles. The molecule has 21 heavy (non-hydrogen) atoms. The summed E-state index contributed by atoms with van der Waals surface area (Å²) in [4.78, 5) is 19.9. The molecule has 0 fully saturated rings. The van der Waals surface area contributed by atoms with Crippen molar-refractivity contribution in [1.29, 1.82) is 5.26 Å². The number of rotatable bonds is 4. The Kier molecular flexibility index (Phi) is 4.14. The molecule has 0 bridgehead atoms. The predicted molar refractivity (Wildman–Crippen MR) is 79.2 cm³/mol. The first-order valence-corrected chi connectivity index (χ1v) is 6.99. The zero-order valence-electron chi connectivity index (χ0n) is 11.7. The first-order valence-electron chi connectivity index (χ1n) is 6.18. The van der Waals surface area contributed by atoms with Crippen molar-refractivity contribution in [2.24, 2.45) is 0 Å². The zero-order chi connectivity index (χ0) is 15.6. The zero-order valence-corrected chi connectivity index (χ0v) is 12.6. The van der Waals surface area contributed by atoms with Crippen LogP contribution < -0.4 is 5.32 Å². The molecule has 0 saturated heterocycles. The summed E-state index contributed by atoms with van der Waals surface area (Å²) in [5.74, 6) is 0.0944. The van der Waals surface area contributed by atoms with Gasteiger partial charge < -0.3 is 5.32 Å². The SMILES string of the molecule is Cc1nc(C)c(C(C)Nc2nccc(C#N)c2[N+](=O)[O-])s1. The lowest BCUT2D eigenvalue weighted by Crippen LogP contribution is -2.10. The van der Waals surface area contributed by atoms with Gasteiger partial charge in [-0.1, -0.05) is 0 Å². The molecule has 0 aliphatic rings. The molecule has 8 heteroatoms. The van der Waals surface area contributed by atoms with Gasteiger partial charge in [-0.05, 0) is 26.8 Å². The quantitative estimate of drug-likeness (QED) is 0.687. The molecule has 0 spiro atoms. The molecule has 0 aromatic carbocycles. The van der Waals surface area contributed by atoms with E-state index in [1.165, 1.54) is 23.6 Å². The van der Waals surface area contributed by atoms with Crippen molar-refractivity contribution in [1.82, 2.24) is 9.97 Å². The number of aryl methyl sites for hydroxylation is 2. The van der Waals surface area contributed by atoms with E-state index in [1.54, 1.807) is 0 Å². The Morgan fingerprint density at radius 1 is 1.52 bits per heavy atom. The van der Waals surface area contributed by atoms with Crippen LogP contribution in [0.4, 0.5) is 11.5 Å². The van der Waals surface area contributed by atoms with Crippen LogP contribution in [-0.4, -0.2) is 14.9 Å². The number of pyridine rings is 1. The largest absolute Gasteiger partial charge is 0.357 e. The Hall–Kier alpha value is -2.53. The number of anilines is 1. The predicted octanol–water partition coefficient (Wildman–Crippen LogP) is 3.11. The van der Waals surface area contributed by atoms with Gasteiger partial charge in [0.05, 0.1) is 21.7 Å². The van der Waals surface area contributed by atoms with Crippen LogP contribution in [0.5, 0.6) is 0 Å². The Morgan fingerprint density at radius 3 is 2.76 bits per heavy atom. The van der Waals surface area contributed by atoms with Gasteiger partial charge in [0.25, 0.3) is 0 Å². The third-order valence-corrected chi connectivity index (χ3v) is 4.17. The summed E-state index contributed by atoms with van der Waals surface area (Å²) in [7, 11) is 0. The molecular formula is C13H13N5O2S. The maximum atomic E-state index is 11.2. The van der Waals surface area contributed by atoms with Gasteiger partial charge in [-0.25, -0.2) is 9.97 Å². The van der Waals surface area contributed by atoms with Crippen LogP contribution in [-0.2, 0) is 0 Å². The number of nitriles is 1. The first-order chi connectivity index (χ1) is 9.93. The maximum Gasteiger partial charge on any atom is 0.328 e. The molecule has 1 atom stereocenters. The highest BCUT2D eigenvalue weighted by Crippen LogP contribution is 2.31. The summed E-state index contributed by atoms with van der Waals surface area (Å²) in [5.41, 5.74) is 0.573. The molecule has 0 saturated carbocycles. The van der Waals surface area contributed by atoms with Crippen LogP contribution in [0.2, 0.25) is 0 Å². The van der Waals surface area contributed by atoms with Crippen LogP contribution in [0.3, 0.4) is 0 Å². The van der Waals surface area contributed by atoms with Crippen molar-refractivity contribution in [3.63, 3.8) is 0 Å². The Labute approximate surface area is 125 Å². The average Bonchev–Trinajstić information content (AvgIpc) is 2.77. The lowest BCUT2D eigenvalue weighted by molar-refractivity contribution is -0.384. The molecule has 0 radical (unpaired) electrons. The number of hydrogen-bond donors (Lipinski definition) is 1. The Balaban J connectivity index is 2.38. The van der Waals surface area contributed by atoms with Gasteiger partial charge in [-0.2, -0.15) is 5.26 Å². The highest BCUT2D eigenvalue weighted by Gasteiger charge is 2.23. The maximum absolute atomic E-state index is 11.2. The summed E-state index contributed by atoms with van der Waals surface area (Å²) in [6, 6.07) is 2.96. The van der Waals surface area contributed by atoms with Crippen LogP contribution in [0.1, 0.15) is 34.1 Å². The fourth-order valence-electron chi connectivity index (χ4n) is 2.05. The van der Waals surface area contributed by atoms with E-state index in [-0.39, 0.29) is 23.1 Å². The molecule has 7 nitrogen and oxygen atoms in total. The normalized spacial score (nSPS) is 11.7. The number of nitrogens with one attached hydrogen (secondary N) is 1. The molecule has 2 aromatic rings. The first kappa shape index (κ1) is 14.9. The molecule has 2 aromatic heterocycles. The molecule has 0 aliphatic carbocycles. The minimum Gasteiger partial charge on any atom is -0.357 e. The average molecular weight is 303 g/mol. The second-order valence-corrected chi connectivity index (χ2v) is 5.71. The monoisotopic (exact) mass is 303 g/mol. The number of nitrogens with zero attached hydrogens (tertiary/aromatic N) is 4. The van der Waals surface area contributed by atoms with E-state index in [9.17, 15) is 10.1 Å². The fraction of sp³-hybridized carbons (Fsp3) is 0.308. The van der Waals surface area contributed by atoms with Crippen molar-refractivity contribution in [2.45, 2.75) is 26.8 Å². The third kappa shape index (κ3) is 2.98. The number of thiazole rings is 1. The molecule has 0 amide bonds. The lowest BCUT2D eigenvalue weighted by atomic mass is 10.2. The smallest absolute Gasteiger partial charge is 0.328 e. The summed E-state index contributed by atoms with van der Waals surface area (Å²) in [6.45, 7) is 5.68. The summed E-state index contributed by atoms with van der Waals surface area (Å²) in [5, 5.41) is 24.1. The van der Waals surface area contributed by atoms with E-state index in [0.717, 1.165) is 15.6 Å². The lowest BCUT2D eigenvalue weighted by Gasteiger charge is -2.13. The highest BCUT2D eigenvalue weighted by molar-refractivity contribution is 7.11. The van der Waals surface area contributed by atoms with Gasteiger partial charge in [-0.15, -0.1) is 11.3 Å². The summed E-state index contributed by atoms with van der Waals surface area (Å²) < 4.78 is 0. The van der Waals surface area contributed by atoms with E-state index in [0.29, 0.717) is 0 Å². The van der Waals surface area contributed by atoms with Gasteiger partial charge in [0.15, 0.2) is 0 Å². The van der Waals surface area contributed by atoms with E-state index in [2.05, 4.69) is 15.3 Å². The third-order valence-electron chi connectivity index (χ3n) is 2.91. The molecule has 2 rings (SSSR count). The molecule has 1 N–H and O–H groups in total. The van der Waals surface area contributed by atoms with Gasteiger partial charge in [-0.3, -0.25) is 10.1 Å². The van der Waals surface area contributed by atoms with Crippen LogP contribution >= 0.6 is 11.3 Å². The van der Waals surface area contributed by atoms with Crippen molar-refractivity contribution in [3.8, 4) is 6.07 Å². The van der Waals surface area contributed by atoms with Gasteiger partial charge in [0, 0.05) is 11.1 Å². The molecular weight excluding hydrogens is 290 g/mol. The Morgan fingerprint density at radius 2 is 2.24 bits per heavy atom. The standard InChI is InChI=1S/C13H13N5O2S/c1-7-12(21-9(3)16-7)8(2)17-13-11(18(19)20)10(6-14)4-5-15-13/h4-5,8H,1-3H3,(H,15,17). The summed E-state index contributed by atoms with van der Waals surface area (Å²) in [6.07, 6.45) is 1.38. The van der Waals surface area contributed by atoms with Crippen LogP contribution in [0, 0.1) is 35.3 Å². The van der Waals surface area contributed by atoms with Crippen molar-refractivity contribution < 1.29 is 4.92 Å². The summed E-state index contributed by atoms with van der Waals surface area (Å²) >= 11 is 1.53. The fourth-order valence-corrected chi connectivity index (χ4v) is 2.98. The van der Waals surface area contributed by atoms with E-state index in [1.807, 2.05) is 26.8 Å². The number of nitro groups is 1. The minimum atomic E-state index is -0.592. The minimum absolute atomic E-state index is 0.0121. The van der Waals surface area contributed by atoms with E-state index < -0.39 is 4.92 Å². The molecule has 108 valence electrons. The highest BCUT2D eigenvalue weighted by atomic mass is 32.1. The number of hydrogen-bond acceptors (Lipinski definition) is 7. The number of aromatic nitrogens is 2. The second-order valence-electron chi connectivity index (χ2n) is 4.47. The van der Waals surface area contributed by atoms with Crippen LogP contribution in [0.15, 0.2) is 12.3 Å². The van der Waals surface area contributed by atoms with Crippen molar-refractivity contribution in [2.75, 3.05) is 5.32 Å². The van der Waals surface area contributed by atoms with Gasteiger partial charge >= 0.3 is 5.69 Å². The van der Waals surface area contributed by atoms with Crippen LogP contribution in [0.25, 0.3) is 0 Å². The van der Waals surface area contributed by atoms with E-state index >= 15 is 0 Å². The molecule has 2 heterocycles. The van der Waals surface area contributed by atoms with Crippen molar-refractivity contribution >= 4 is 22.8 Å². The second kappa shape index (κ2) is 5.85. The topological polar surface area (TPSA) is 105 Å². The molecule has 1 unspecified atom stereocenters. The van der Waals surface area contributed by atoms with Gasteiger partial charge in [0.2, 0.25) is 5.82 Å². The van der Waals surface area contributed by atoms with Crippen molar-refractivity contribution in [3.05, 3.63) is 43.5 Å². The van der Waals surface area contributed by atoms with Gasteiger partial charge in [0.1, 0.15) is 11.6 Å².